The minimum absolute atomic E-state index is 0.0670. The van der Waals surface area contributed by atoms with Gasteiger partial charge < -0.3 is 10.6 Å². The van der Waals surface area contributed by atoms with E-state index >= 15 is 0 Å². The summed E-state index contributed by atoms with van der Waals surface area (Å²) < 4.78 is 0. The van der Waals surface area contributed by atoms with Crippen molar-refractivity contribution in [2.24, 2.45) is 0 Å². The third-order valence-corrected chi connectivity index (χ3v) is 7.17. The molecule has 4 heteroatoms. The van der Waals surface area contributed by atoms with E-state index in [1.807, 2.05) is 30.3 Å². The number of carbonyl (C=O) groups is 2. The summed E-state index contributed by atoms with van der Waals surface area (Å²) in [5.74, 6) is 0.188. The first-order valence-corrected chi connectivity index (χ1v) is 15.4. The molecule has 0 aliphatic carbocycles. The van der Waals surface area contributed by atoms with Gasteiger partial charge >= 0.3 is 0 Å². The monoisotopic (exact) mass is 520 g/mol. The van der Waals surface area contributed by atoms with Crippen LogP contribution >= 0.6 is 0 Å². The average Bonchev–Trinajstić information content (AvgIpc) is 2.93. The van der Waals surface area contributed by atoms with Gasteiger partial charge in [0, 0.05) is 25.1 Å². The van der Waals surface area contributed by atoms with E-state index < -0.39 is 0 Å². The van der Waals surface area contributed by atoms with Gasteiger partial charge in [0.1, 0.15) is 0 Å². The predicted molar refractivity (Wildman–Crippen MR) is 161 cm³/mol. The Labute approximate surface area is 232 Å². The molecule has 0 fully saturated rings. The van der Waals surface area contributed by atoms with Gasteiger partial charge in [-0.1, -0.05) is 114 Å². The Kier molecular flexibility index (Phi) is 17.7. The van der Waals surface area contributed by atoms with Gasteiger partial charge in [-0.2, -0.15) is 0 Å². The molecular weight excluding hydrogens is 468 g/mol. The molecule has 0 heterocycles. The van der Waals surface area contributed by atoms with Crippen LogP contribution < -0.4 is 10.6 Å². The highest BCUT2D eigenvalue weighted by Crippen LogP contribution is 2.15. The molecule has 210 valence electrons. The number of unbranched alkanes of at least 4 members (excludes halogenated alkanes) is 11. The number of aryl methyl sites for hydroxylation is 2. The van der Waals surface area contributed by atoms with Crippen molar-refractivity contribution in [3.05, 3.63) is 65.7 Å². The maximum Gasteiger partial charge on any atom is 0.224 e. The van der Waals surface area contributed by atoms with Gasteiger partial charge in [-0.3, -0.25) is 9.59 Å². The minimum Gasteiger partial charge on any atom is -0.356 e. The Balaban J connectivity index is 1.42. The van der Waals surface area contributed by atoms with Crippen LogP contribution in [0.3, 0.4) is 0 Å². The molecule has 0 radical (unpaired) electrons. The maximum absolute atomic E-state index is 12.3. The first-order chi connectivity index (χ1) is 18.7. The third-order valence-electron chi connectivity index (χ3n) is 7.17. The van der Waals surface area contributed by atoms with Crippen molar-refractivity contribution in [2.45, 2.75) is 122 Å². The minimum atomic E-state index is 0.0670. The normalized spacial score (nSPS) is 10.9. The van der Waals surface area contributed by atoms with Crippen LogP contribution in [0.4, 0.5) is 5.69 Å². The molecule has 0 saturated carbocycles. The van der Waals surface area contributed by atoms with E-state index in [2.05, 4.69) is 41.8 Å². The van der Waals surface area contributed by atoms with Crippen LogP contribution in [0.15, 0.2) is 54.6 Å². The molecular formula is C34H52N2O2. The molecule has 2 rings (SSSR count). The average molecular weight is 521 g/mol. The molecule has 2 amide bonds. The Morgan fingerprint density at radius 3 is 1.79 bits per heavy atom. The summed E-state index contributed by atoms with van der Waals surface area (Å²) >= 11 is 0. The summed E-state index contributed by atoms with van der Waals surface area (Å²) in [6, 6.07) is 18.6. The zero-order chi connectivity index (χ0) is 27.1. The van der Waals surface area contributed by atoms with E-state index in [1.165, 1.54) is 75.3 Å². The first kappa shape index (κ1) is 31.6. The Hall–Kier alpha value is -2.62. The zero-order valence-corrected chi connectivity index (χ0v) is 23.9. The van der Waals surface area contributed by atoms with E-state index in [0.29, 0.717) is 19.4 Å². The number of anilines is 1. The molecule has 4 nitrogen and oxygen atoms in total. The van der Waals surface area contributed by atoms with Crippen LogP contribution in [0, 0.1) is 0 Å². The molecule has 2 aromatic carbocycles. The summed E-state index contributed by atoms with van der Waals surface area (Å²) in [6.45, 7) is 2.96. The van der Waals surface area contributed by atoms with Crippen molar-refractivity contribution in [1.29, 1.82) is 0 Å². The number of rotatable bonds is 22. The second-order valence-corrected chi connectivity index (χ2v) is 10.7. The van der Waals surface area contributed by atoms with Gasteiger partial charge in [-0.25, -0.2) is 0 Å². The summed E-state index contributed by atoms with van der Waals surface area (Å²) in [5, 5.41) is 6.01. The number of benzene rings is 2. The smallest absolute Gasteiger partial charge is 0.224 e. The fourth-order valence-electron chi connectivity index (χ4n) is 4.80. The zero-order valence-electron chi connectivity index (χ0n) is 23.9. The topological polar surface area (TPSA) is 58.2 Å². The highest BCUT2D eigenvalue weighted by atomic mass is 16.2. The summed E-state index contributed by atoms with van der Waals surface area (Å²) in [4.78, 5) is 24.2. The summed E-state index contributed by atoms with van der Waals surface area (Å²) in [6.07, 6.45) is 20.3. The predicted octanol–water partition coefficient (Wildman–Crippen LogP) is 8.79. The van der Waals surface area contributed by atoms with Crippen LogP contribution in [0.2, 0.25) is 0 Å². The molecule has 2 aromatic rings. The van der Waals surface area contributed by atoms with E-state index in [1.54, 1.807) is 0 Å². The van der Waals surface area contributed by atoms with Gasteiger partial charge in [0.2, 0.25) is 11.8 Å². The highest BCUT2D eigenvalue weighted by Gasteiger charge is 2.04. The molecule has 0 spiro atoms. The second kappa shape index (κ2) is 21.3. The fraction of sp³-hybridized carbons (Fsp3) is 0.588. The van der Waals surface area contributed by atoms with E-state index in [9.17, 15) is 9.59 Å². The second-order valence-electron chi connectivity index (χ2n) is 10.7. The maximum atomic E-state index is 12.3. The molecule has 2 N–H and O–H groups in total. The molecule has 0 aliphatic rings. The van der Waals surface area contributed by atoms with Crippen LogP contribution in [-0.2, 0) is 22.4 Å². The van der Waals surface area contributed by atoms with Crippen molar-refractivity contribution in [2.75, 3.05) is 11.9 Å². The van der Waals surface area contributed by atoms with Crippen molar-refractivity contribution >= 4 is 17.5 Å². The number of hydrogen-bond donors (Lipinski definition) is 2. The number of hydrogen-bond acceptors (Lipinski definition) is 2. The summed E-state index contributed by atoms with van der Waals surface area (Å²) in [7, 11) is 0. The molecule has 0 aromatic heterocycles. The van der Waals surface area contributed by atoms with Crippen LogP contribution in [0.5, 0.6) is 0 Å². The first-order valence-electron chi connectivity index (χ1n) is 15.4. The molecule has 0 aliphatic heterocycles. The van der Waals surface area contributed by atoms with Crippen molar-refractivity contribution < 1.29 is 9.59 Å². The van der Waals surface area contributed by atoms with Gasteiger partial charge in [-0.05, 0) is 61.8 Å². The van der Waals surface area contributed by atoms with Crippen molar-refractivity contribution in [3.8, 4) is 0 Å². The number of carbonyl (C=O) groups excluding carboxylic acids is 2. The van der Waals surface area contributed by atoms with Crippen LogP contribution in [-0.4, -0.2) is 18.4 Å². The van der Waals surface area contributed by atoms with E-state index in [4.69, 9.17) is 0 Å². The molecule has 0 saturated heterocycles. The van der Waals surface area contributed by atoms with Gasteiger partial charge in [0.15, 0.2) is 0 Å². The lowest BCUT2D eigenvalue weighted by Crippen LogP contribution is -2.24. The largest absolute Gasteiger partial charge is 0.356 e. The molecule has 38 heavy (non-hydrogen) atoms. The standard InChI is InChI=1S/C34H52N2O2/c1-2-3-4-5-6-7-8-9-10-13-21-31-25-27-32(28-26-31)36-34(38)23-16-12-17-29-35-33(37)24-18-22-30-19-14-11-15-20-30/h11,14-15,19-20,25-28H,2-10,12-13,16-18,21-24,29H2,1H3,(H,35,37)(H,36,38). The quantitative estimate of drug-likeness (QED) is 0.152. The van der Waals surface area contributed by atoms with Crippen molar-refractivity contribution in [1.82, 2.24) is 5.32 Å². The number of nitrogens with one attached hydrogen (secondary N) is 2. The molecule has 0 bridgehead atoms. The van der Waals surface area contributed by atoms with Crippen molar-refractivity contribution in [3.63, 3.8) is 0 Å². The lowest BCUT2D eigenvalue weighted by atomic mass is 10.0. The fourth-order valence-corrected chi connectivity index (χ4v) is 4.80. The summed E-state index contributed by atoms with van der Waals surface area (Å²) in [5.41, 5.74) is 3.51. The Bertz CT molecular complexity index is 864. The van der Waals surface area contributed by atoms with Crippen LogP contribution in [0.1, 0.15) is 121 Å². The van der Waals surface area contributed by atoms with E-state index in [0.717, 1.165) is 44.2 Å². The van der Waals surface area contributed by atoms with Gasteiger partial charge in [-0.15, -0.1) is 0 Å². The molecule has 0 unspecified atom stereocenters. The third kappa shape index (κ3) is 16.3. The Morgan fingerprint density at radius 1 is 0.553 bits per heavy atom. The SMILES string of the molecule is CCCCCCCCCCCCc1ccc(NC(=O)CCCCCNC(=O)CCCc2ccccc2)cc1. The number of amides is 2. The van der Waals surface area contributed by atoms with Gasteiger partial charge in [0.25, 0.3) is 0 Å². The van der Waals surface area contributed by atoms with Crippen LogP contribution in [0.25, 0.3) is 0 Å². The lowest BCUT2D eigenvalue weighted by Gasteiger charge is -2.08. The Morgan fingerprint density at radius 2 is 1.11 bits per heavy atom. The van der Waals surface area contributed by atoms with E-state index in [-0.39, 0.29) is 11.8 Å². The molecule has 0 atom stereocenters. The highest BCUT2D eigenvalue weighted by molar-refractivity contribution is 5.90. The van der Waals surface area contributed by atoms with Gasteiger partial charge in [0.05, 0.1) is 0 Å². The lowest BCUT2D eigenvalue weighted by molar-refractivity contribution is -0.121.